The van der Waals surface area contributed by atoms with E-state index in [0.717, 1.165) is 25.0 Å². The summed E-state index contributed by atoms with van der Waals surface area (Å²) in [4.78, 5) is 18.4. The van der Waals surface area contributed by atoms with E-state index in [1.165, 1.54) is 0 Å². The molecule has 1 aromatic heterocycles. The van der Waals surface area contributed by atoms with Crippen molar-refractivity contribution in [3.63, 3.8) is 0 Å². The van der Waals surface area contributed by atoms with Gasteiger partial charge in [-0.05, 0) is 30.9 Å². The first-order valence-electron chi connectivity index (χ1n) is 7.25. The van der Waals surface area contributed by atoms with Crippen LogP contribution in [-0.2, 0) is 6.42 Å². The van der Waals surface area contributed by atoms with E-state index in [0.29, 0.717) is 24.5 Å². The van der Waals surface area contributed by atoms with Crippen LogP contribution in [0.15, 0.2) is 12.1 Å². The molecule has 2 atom stereocenters. The van der Waals surface area contributed by atoms with Crippen molar-refractivity contribution in [2.75, 3.05) is 18.8 Å². The molecule has 1 amide bonds. The van der Waals surface area contributed by atoms with Gasteiger partial charge in [0.1, 0.15) is 5.82 Å². The minimum Gasteiger partial charge on any atom is -0.391 e. The van der Waals surface area contributed by atoms with Gasteiger partial charge in [-0.2, -0.15) is 0 Å². The number of β-amino-alcohol motifs (C(OH)–C–C–N with tert-alkyl or cyclic N) is 1. The van der Waals surface area contributed by atoms with Gasteiger partial charge in [0.05, 0.1) is 6.10 Å². The number of carbonyl (C=O) groups excluding carboxylic acids is 1. The number of nitrogen functional groups attached to an aromatic ring is 1. The molecule has 0 radical (unpaired) electrons. The van der Waals surface area contributed by atoms with Crippen molar-refractivity contribution in [3.05, 3.63) is 23.4 Å². The molecule has 0 aromatic carbocycles. The largest absolute Gasteiger partial charge is 0.391 e. The van der Waals surface area contributed by atoms with Crippen LogP contribution in [0.4, 0.5) is 5.82 Å². The molecule has 1 aromatic rings. The highest BCUT2D eigenvalue weighted by molar-refractivity contribution is 5.95. The first-order chi connectivity index (χ1) is 9.51. The van der Waals surface area contributed by atoms with Gasteiger partial charge < -0.3 is 15.7 Å². The fourth-order valence-corrected chi connectivity index (χ4v) is 2.53. The normalized spacial score (nSPS) is 22.9. The van der Waals surface area contributed by atoms with Crippen molar-refractivity contribution in [3.8, 4) is 0 Å². The van der Waals surface area contributed by atoms with E-state index < -0.39 is 6.10 Å². The SMILES string of the molecule is CCCc1cc(C(=O)N2CCC(C)C(O)C2)cc(N)n1. The van der Waals surface area contributed by atoms with E-state index in [1.54, 1.807) is 11.0 Å². The van der Waals surface area contributed by atoms with Crippen LogP contribution >= 0.6 is 0 Å². The summed E-state index contributed by atoms with van der Waals surface area (Å²) in [6, 6.07) is 3.43. The number of amides is 1. The second kappa shape index (κ2) is 6.22. The van der Waals surface area contributed by atoms with Crippen LogP contribution in [0, 0.1) is 5.92 Å². The van der Waals surface area contributed by atoms with Crippen LogP contribution in [0.3, 0.4) is 0 Å². The lowest BCUT2D eigenvalue weighted by Gasteiger charge is -2.34. The number of aromatic nitrogens is 1. The van der Waals surface area contributed by atoms with Gasteiger partial charge in [0.2, 0.25) is 0 Å². The Balaban J connectivity index is 2.16. The molecule has 110 valence electrons. The standard InChI is InChI=1S/C15H23N3O2/c1-3-4-12-7-11(8-14(16)17-12)15(20)18-6-5-10(2)13(19)9-18/h7-8,10,13,19H,3-6,9H2,1-2H3,(H2,16,17). The molecule has 0 aliphatic carbocycles. The summed E-state index contributed by atoms with van der Waals surface area (Å²) in [5, 5.41) is 9.91. The molecule has 2 unspecified atom stereocenters. The van der Waals surface area contributed by atoms with E-state index in [2.05, 4.69) is 11.9 Å². The fourth-order valence-electron chi connectivity index (χ4n) is 2.53. The molecule has 20 heavy (non-hydrogen) atoms. The van der Waals surface area contributed by atoms with Crippen LogP contribution in [0.25, 0.3) is 0 Å². The quantitative estimate of drug-likeness (QED) is 0.876. The molecular formula is C15H23N3O2. The van der Waals surface area contributed by atoms with Gasteiger partial charge in [0, 0.05) is 24.3 Å². The first kappa shape index (κ1) is 14.8. The second-order valence-corrected chi connectivity index (χ2v) is 5.61. The number of nitrogens with two attached hydrogens (primary N) is 1. The Morgan fingerprint density at radius 3 is 2.95 bits per heavy atom. The van der Waals surface area contributed by atoms with Crippen molar-refractivity contribution in [1.82, 2.24) is 9.88 Å². The zero-order valence-electron chi connectivity index (χ0n) is 12.2. The molecule has 0 saturated carbocycles. The van der Waals surface area contributed by atoms with Crippen molar-refractivity contribution >= 4 is 11.7 Å². The van der Waals surface area contributed by atoms with Crippen molar-refractivity contribution in [2.45, 2.75) is 39.2 Å². The monoisotopic (exact) mass is 277 g/mol. The molecule has 2 rings (SSSR count). The molecule has 5 heteroatoms. The maximum absolute atomic E-state index is 12.5. The molecule has 0 spiro atoms. The molecule has 0 bridgehead atoms. The number of hydrogen-bond donors (Lipinski definition) is 2. The summed E-state index contributed by atoms with van der Waals surface area (Å²) < 4.78 is 0. The average molecular weight is 277 g/mol. The second-order valence-electron chi connectivity index (χ2n) is 5.61. The number of carbonyl (C=O) groups is 1. The van der Waals surface area contributed by atoms with Gasteiger partial charge in [0.25, 0.3) is 5.91 Å². The average Bonchev–Trinajstić information content (AvgIpc) is 2.41. The zero-order chi connectivity index (χ0) is 14.7. The van der Waals surface area contributed by atoms with Crippen molar-refractivity contribution in [2.24, 2.45) is 5.92 Å². The van der Waals surface area contributed by atoms with Crippen molar-refractivity contribution in [1.29, 1.82) is 0 Å². The molecule has 1 saturated heterocycles. The lowest BCUT2D eigenvalue weighted by Crippen LogP contribution is -2.45. The number of piperidine rings is 1. The number of nitrogens with zero attached hydrogens (tertiary/aromatic N) is 2. The van der Waals surface area contributed by atoms with Crippen molar-refractivity contribution < 1.29 is 9.90 Å². The third-order valence-electron chi connectivity index (χ3n) is 3.86. The summed E-state index contributed by atoms with van der Waals surface area (Å²) in [5.74, 6) is 0.560. The lowest BCUT2D eigenvalue weighted by atomic mass is 9.95. The summed E-state index contributed by atoms with van der Waals surface area (Å²) >= 11 is 0. The number of aliphatic hydroxyl groups excluding tert-OH is 1. The highest BCUT2D eigenvalue weighted by atomic mass is 16.3. The summed E-state index contributed by atoms with van der Waals surface area (Å²) in [5.41, 5.74) is 7.20. The van der Waals surface area contributed by atoms with Gasteiger partial charge in [-0.3, -0.25) is 4.79 Å². The van der Waals surface area contributed by atoms with Gasteiger partial charge in [-0.15, -0.1) is 0 Å². The number of pyridine rings is 1. The molecule has 1 aliphatic heterocycles. The summed E-state index contributed by atoms with van der Waals surface area (Å²) in [6.45, 7) is 5.15. The molecule has 1 fully saturated rings. The Morgan fingerprint density at radius 2 is 2.30 bits per heavy atom. The maximum Gasteiger partial charge on any atom is 0.254 e. The number of aliphatic hydroxyl groups is 1. The zero-order valence-corrected chi connectivity index (χ0v) is 12.2. The third-order valence-corrected chi connectivity index (χ3v) is 3.86. The molecule has 1 aliphatic rings. The number of likely N-dealkylation sites (tertiary alicyclic amines) is 1. The maximum atomic E-state index is 12.5. The number of rotatable bonds is 3. The lowest BCUT2D eigenvalue weighted by molar-refractivity contribution is 0.0248. The number of hydrogen-bond acceptors (Lipinski definition) is 4. The minimum absolute atomic E-state index is 0.0672. The Bertz CT molecular complexity index is 490. The highest BCUT2D eigenvalue weighted by Crippen LogP contribution is 2.20. The Labute approximate surface area is 119 Å². The summed E-state index contributed by atoms with van der Waals surface area (Å²) in [6.07, 6.45) is 2.16. The van der Waals surface area contributed by atoms with E-state index in [4.69, 9.17) is 5.73 Å². The van der Waals surface area contributed by atoms with Crippen LogP contribution in [0.1, 0.15) is 42.7 Å². The minimum atomic E-state index is -0.443. The third kappa shape index (κ3) is 3.28. The molecule has 5 nitrogen and oxygen atoms in total. The smallest absolute Gasteiger partial charge is 0.254 e. The first-order valence-corrected chi connectivity index (χ1v) is 7.25. The number of anilines is 1. The van der Waals surface area contributed by atoms with Gasteiger partial charge >= 0.3 is 0 Å². The molecule has 2 heterocycles. The highest BCUT2D eigenvalue weighted by Gasteiger charge is 2.28. The summed E-state index contributed by atoms with van der Waals surface area (Å²) in [7, 11) is 0. The van der Waals surface area contributed by atoms with Crippen LogP contribution < -0.4 is 5.73 Å². The Morgan fingerprint density at radius 1 is 1.55 bits per heavy atom. The Hall–Kier alpha value is -1.62. The Kier molecular flexibility index (Phi) is 4.60. The fraction of sp³-hybridized carbons (Fsp3) is 0.600. The van der Waals surface area contributed by atoms with Crippen LogP contribution in [0.2, 0.25) is 0 Å². The topological polar surface area (TPSA) is 79.5 Å². The van der Waals surface area contributed by atoms with Gasteiger partial charge in [0.15, 0.2) is 0 Å². The van der Waals surface area contributed by atoms with Gasteiger partial charge in [-0.1, -0.05) is 20.3 Å². The molecular weight excluding hydrogens is 254 g/mol. The van der Waals surface area contributed by atoms with E-state index in [1.807, 2.05) is 13.0 Å². The van der Waals surface area contributed by atoms with Crippen LogP contribution in [0.5, 0.6) is 0 Å². The predicted molar refractivity (Wildman–Crippen MR) is 78.3 cm³/mol. The van der Waals surface area contributed by atoms with E-state index in [9.17, 15) is 9.90 Å². The van der Waals surface area contributed by atoms with Crippen LogP contribution in [-0.4, -0.2) is 40.1 Å². The number of aryl methyl sites for hydroxylation is 1. The molecule has 3 N–H and O–H groups in total. The predicted octanol–water partition coefficient (Wildman–Crippen LogP) is 1.46. The van der Waals surface area contributed by atoms with Gasteiger partial charge in [-0.25, -0.2) is 4.98 Å². The van der Waals surface area contributed by atoms with E-state index >= 15 is 0 Å². The van der Waals surface area contributed by atoms with E-state index in [-0.39, 0.29) is 11.8 Å².